The summed E-state index contributed by atoms with van der Waals surface area (Å²) in [4.78, 5) is 10.2. The number of carboxylic acids is 1. The Hall–Kier alpha value is -0.947. The molecule has 0 radical (unpaired) electrons. The van der Waals surface area contributed by atoms with E-state index in [1.54, 1.807) is 6.08 Å². The van der Waals surface area contributed by atoms with Crippen LogP contribution in [0.2, 0.25) is 0 Å². The summed E-state index contributed by atoms with van der Waals surface area (Å²) in [6.07, 6.45) is 2.70. The van der Waals surface area contributed by atoms with Crippen LogP contribution in [0.15, 0.2) is 30.3 Å². The number of benzene rings is 1. The maximum absolute atomic E-state index is 10.2. The minimum absolute atomic E-state index is 0. The molecular formula is C10H10O2Zn. The third kappa shape index (κ3) is 4.59. The van der Waals surface area contributed by atoms with Gasteiger partial charge in [0.25, 0.3) is 0 Å². The number of aryl methyl sites for hydroxylation is 1. The van der Waals surface area contributed by atoms with Gasteiger partial charge in [-0.3, -0.25) is 0 Å². The molecule has 3 heteroatoms. The average Bonchev–Trinajstić information content (AvgIpc) is 2.03. The van der Waals surface area contributed by atoms with Crippen LogP contribution in [0.25, 0.3) is 6.08 Å². The Balaban J connectivity index is 0.00000144. The van der Waals surface area contributed by atoms with Gasteiger partial charge in [0.05, 0.1) is 0 Å². The first-order valence-electron chi connectivity index (χ1n) is 3.66. The SMILES string of the molecule is Cc1ccc(C=CC(=O)O)cc1.[Zn]. The van der Waals surface area contributed by atoms with Crippen LogP contribution in [-0.2, 0) is 24.3 Å². The molecule has 0 saturated heterocycles. The van der Waals surface area contributed by atoms with Gasteiger partial charge in [0.1, 0.15) is 0 Å². The van der Waals surface area contributed by atoms with Crippen molar-refractivity contribution >= 4 is 12.0 Å². The first kappa shape index (κ1) is 12.1. The van der Waals surface area contributed by atoms with Gasteiger partial charge in [-0.1, -0.05) is 29.8 Å². The van der Waals surface area contributed by atoms with Gasteiger partial charge in [0.15, 0.2) is 0 Å². The zero-order valence-corrected chi connectivity index (χ0v) is 10.5. The molecule has 1 aromatic rings. The first-order chi connectivity index (χ1) is 5.68. The molecule has 2 nitrogen and oxygen atoms in total. The minimum atomic E-state index is -0.921. The molecule has 1 aromatic carbocycles. The molecule has 64 valence electrons. The Morgan fingerprint density at radius 1 is 1.31 bits per heavy atom. The zero-order chi connectivity index (χ0) is 8.97. The largest absolute Gasteiger partial charge is 0.478 e. The van der Waals surface area contributed by atoms with Gasteiger partial charge < -0.3 is 5.11 Å². The quantitative estimate of drug-likeness (QED) is 0.621. The van der Waals surface area contributed by atoms with E-state index in [4.69, 9.17) is 5.11 Å². The molecule has 0 aliphatic carbocycles. The maximum Gasteiger partial charge on any atom is 0.328 e. The van der Waals surface area contributed by atoms with E-state index in [-0.39, 0.29) is 19.5 Å². The van der Waals surface area contributed by atoms with Gasteiger partial charge in [0, 0.05) is 25.6 Å². The normalized spacial score (nSPS) is 9.62. The van der Waals surface area contributed by atoms with Gasteiger partial charge >= 0.3 is 5.97 Å². The predicted octanol–water partition coefficient (Wildman–Crippen LogP) is 2.09. The van der Waals surface area contributed by atoms with Crippen molar-refractivity contribution in [3.05, 3.63) is 41.5 Å². The van der Waals surface area contributed by atoms with Crippen LogP contribution in [0, 0.1) is 6.92 Å². The Bertz CT molecular complexity index is 301. The van der Waals surface area contributed by atoms with Gasteiger partial charge in [-0.15, -0.1) is 0 Å². The van der Waals surface area contributed by atoms with Crippen molar-refractivity contribution < 1.29 is 29.4 Å². The van der Waals surface area contributed by atoms with E-state index >= 15 is 0 Å². The van der Waals surface area contributed by atoms with E-state index in [2.05, 4.69) is 0 Å². The molecule has 0 saturated carbocycles. The summed E-state index contributed by atoms with van der Waals surface area (Å²) >= 11 is 0. The van der Waals surface area contributed by atoms with E-state index in [9.17, 15) is 4.79 Å². The molecule has 0 unspecified atom stereocenters. The summed E-state index contributed by atoms with van der Waals surface area (Å²) in [6, 6.07) is 7.66. The van der Waals surface area contributed by atoms with Crippen LogP contribution in [0.4, 0.5) is 0 Å². The van der Waals surface area contributed by atoms with Crippen molar-refractivity contribution in [2.75, 3.05) is 0 Å². The summed E-state index contributed by atoms with van der Waals surface area (Å²) in [7, 11) is 0. The molecule has 1 N–H and O–H groups in total. The van der Waals surface area contributed by atoms with Crippen molar-refractivity contribution in [1.29, 1.82) is 0 Å². The Morgan fingerprint density at radius 3 is 2.31 bits per heavy atom. The number of hydrogen-bond donors (Lipinski definition) is 1. The fourth-order valence-corrected chi connectivity index (χ4v) is 0.845. The summed E-state index contributed by atoms with van der Waals surface area (Å²) in [5.74, 6) is -0.921. The fraction of sp³-hybridized carbons (Fsp3) is 0.100. The number of hydrogen-bond acceptors (Lipinski definition) is 1. The monoisotopic (exact) mass is 226 g/mol. The summed E-state index contributed by atoms with van der Waals surface area (Å²) in [6.45, 7) is 1.99. The van der Waals surface area contributed by atoms with E-state index < -0.39 is 5.97 Å². The predicted molar refractivity (Wildman–Crippen MR) is 47.8 cm³/mol. The second kappa shape index (κ2) is 5.66. The summed E-state index contributed by atoms with van der Waals surface area (Å²) in [5.41, 5.74) is 2.07. The van der Waals surface area contributed by atoms with Crippen molar-refractivity contribution in [3.63, 3.8) is 0 Å². The maximum atomic E-state index is 10.2. The third-order valence-corrected chi connectivity index (χ3v) is 1.50. The molecule has 0 aromatic heterocycles. The van der Waals surface area contributed by atoms with Crippen LogP contribution in [0.5, 0.6) is 0 Å². The molecule has 0 spiro atoms. The van der Waals surface area contributed by atoms with Crippen LogP contribution < -0.4 is 0 Å². The van der Waals surface area contributed by atoms with Gasteiger partial charge in [-0.05, 0) is 18.6 Å². The van der Waals surface area contributed by atoms with Crippen molar-refractivity contribution in [2.24, 2.45) is 0 Å². The molecule has 0 fully saturated rings. The minimum Gasteiger partial charge on any atom is -0.478 e. The molecule has 0 aliphatic heterocycles. The first-order valence-corrected chi connectivity index (χ1v) is 3.66. The Labute approximate surface area is 90.0 Å². The third-order valence-electron chi connectivity index (χ3n) is 1.50. The van der Waals surface area contributed by atoms with Crippen molar-refractivity contribution in [2.45, 2.75) is 6.92 Å². The topological polar surface area (TPSA) is 37.3 Å². The van der Waals surface area contributed by atoms with Crippen LogP contribution in [0.1, 0.15) is 11.1 Å². The molecule has 0 bridgehead atoms. The smallest absolute Gasteiger partial charge is 0.328 e. The number of aliphatic carboxylic acids is 1. The molecule has 0 heterocycles. The van der Waals surface area contributed by atoms with E-state index in [0.29, 0.717) is 0 Å². The molecule has 0 atom stereocenters. The second-order valence-corrected chi connectivity index (χ2v) is 2.58. The number of carboxylic acid groups (broad SMARTS) is 1. The summed E-state index contributed by atoms with van der Waals surface area (Å²) < 4.78 is 0. The number of rotatable bonds is 2. The van der Waals surface area contributed by atoms with Crippen LogP contribution in [0.3, 0.4) is 0 Å². The Kier molecular flexibility index (Phi) is 5.24. The van der Waals surface area contributed by atoms with Gasteiger partial charge in [-0.25, -0.2) is 4.79 Å². The summed E-state index contributed by atoms with van der Waals surface area (Å²) in [5, 5.41) is 8.34. The molecular weight excluding hydrogens is 217 g/mol. The molecule has 13 heavy (non-hydrogen) atoms. The fourth-order valence-electron chi connectivity index (χ4n) is 0.845. The van der Waals surface area contributed by atoms with Crippen LogP contribution in [-0.4, -0.2) is 11.1 Å². The number of carbonyl (C=O) groups is 1. The van der Waals surface area contributed by atoms with Crippen molar-refractivity contribution in [3.8, 4) is 0 Å². The van der Waals surface area contributed by atoms with Gasteiger partial charge in [-0.2, -0.15) is 0 Å². The molecule has 0 amide bonds. The van der Waals surface area contributed by atoms with Crippen molar-refractivity contribution in [1.82, 2.24) is 0 Å². The van der Waals surface area contributed by atoms with E-state index in [0.717, 1.165) is 11.6 Å². The zero-order valence-electron chi connectivity index (χ0n) is 7.53. The average molecular weight is 228 g/mol. The molecule has 1 rings (SSSR count). The second-order valence-electron chi connectivity index (χ2n) is 2.58. The van der Waals surface area contributed by atoms with E-state index in [1.165, 1.54) is 5.56 Å². The standard InChI is InChI=1S/C10H10O2.Zn/c1-8-2-4-9(5-3-8)6-7-10(11)12;/h2-7H,1H3,(H,11,12);. The molecule has 0 aliphatic rings. The Morgan fingerprint density at radius 2 is 1.85 bits per heavy atom. The van der Waals surface area contributed by atoms with Gasteiger partial charge in [0.2, 0.25) is 0 Å². The van der Waals surface area contributed by atoms with Crippen LogP contribution >= 0.6 is 0 Å². The van der Waals surface area contributed by atoms with E-state index in [1.807, 2.05) is 31.2 Å².